The summed E-state index contributed by atoms with van der Waals surface area (Å²) >= 11 is 0. The number of rotatable bonds is 12. The second-order valence-corrected chi connectivity index (χ2v) is 10.2. The van der Waals surface area contributed by atoms with Crippen molar-refractivity contribution in [3.63, 3.8) is 0 Å². The minimum Gasteiger partial charge on any atom is -0.504 e. The number of nitrogens with zero attached hydrogens (tertiary/aromatic N) is 3. The molecule has 10 heteroatoms. The van der Waals surface area contributed by atoms with Crippen LogP contribution in [0, 0.1) is 12.8 Å². The van der Waals surface area contributed by atoms with Crippen LogP contribution in [0.5, 0.6) is 5.75 Å². The van der Waals surface area contributed by atoms with Crippen LogP contribution in [0.25, 0.3) is 0 Å². The minimum absolute atomic E-state index is 0.124. The largest absolute Gasteiger partial charge is 0.504 e. The Morgan fingerprint density at radius 3 is 2.24 bits per heavy atom. The van der Waals surface area contributed by atoms with Crippen molar-refractivity contribution in [3.05, 3.63) is 82.4 Å². The van der Waals surface area contributed by atoms with E-state index in [1.807, 2.05) is 0 Å². The van der Waals surface area contributed by atoms with Crippen LogP contribution in [0.1, 0.15) is 51.5 Å². The van der Waals surface area contributed by atoms with Crippen molar-refractivity contribution in [1.29, 1.82) is 0 Å². The van der Waals surface area contributed by atoms with Gasteiger partial charge in [-0.3, -0.25) is 9.59 Å². The molecule has 0 saturated carbocycles. The maximum absolute atomic E-state index is 12.5. The molecule has 1 amide bonds. The van der Waals surface area contributed by atoms with Crippen molar-refractivity contribution in [2.24, 2.45) is 5.92 Å². The van der Waals surface area contributed by atoms with Crippen LogP contribution >= 0.6 is 0 Å². The van der Waals surface area contributed by atoms with Crippen molar-refractivity contribution in [3.8, 4) is 5.75 Å². The monoisotopic (exact) mass is 562 g/mol. The molecule has 1 aliphatic heterocycles. The van der Waals surface area contributed by atoms with Gasteiger partial charge < -0.3 is 29.5 Å². The molecule has 4 rings (SSSR count). The first-order valence-corrected chi connectivity index (χ1v) is 13.8. The Kier molecular flexibility index (Phi) is 10.6. The van der Waals surface area contributed by atoms with Crippen LogP contribution < -0.4 is 10.2 Å². The van der Waals surface area contributed by atoms with Crippen LogP contribution in [-0.4, -0.2) is 67.6 Å². The number of aromatic nitrogens is 2. The second kappa shape index (κ2) is 14.6. The SMILES string of the molecule is COCOCc1ccc(Cc2ccc(N3CCC(Cc4nc(C)c(O)c(C(=O)NCC(=O)OC)n4)CC3)cc2)cc1. The Balaban J connectivity index is 1.28. The molecule has 0 atom stereocenters. The van der Waals surface area contributed by atoms with E-state index in [4.69, 9.17) is 9.47 Å². The lowest BCUT2D eigenvalue weighted by molar-refractivity contribution is -0.139. The number of methoxy groups -OCH3 is 2. The fourth-order valence-corrected chi connectivity index (χ4v) is 4.89. The van der Waals surface area contributed by atoms with Gasteiger partial charge in [0.1, 0.15) is 19.2 Å². The molecular weight excluding hydrogens is 524 g/mol. The number of amides is 1. The summed E-state index contributed by atoms with van der Waals surface area (Å²) in [7, 11) is 2.85. The molecule has 0 bridgehead atoms. The number of esters is 1. The summed E-state index contributed by atoms with van der Waals surface area (Å²) < 4.78 is 14.9. The smallest absolute Gasteiger partial charge is 0.325 e. The normalized spacial score (nSPS) is 13.7. The summed E-state index contributed by atoms with van der Waals surface area (Å²) in [4.78, 5) is 35.0. The van der Waals surface area contributed by atoms with Crippen molar-refractivity contribution in [1.82, 2.24) is 15.3 Å². The van der Waals surface area contributed by atoms with E-state index in [-0.39, 0.29) is 18.0 Å². The molecule has 1 fully saturated rings. The van der Waals surface area contributed by atoms with Gasteiger partial charge in [-0.2, -0.15) is 0 Å². The molecule has 3 aromatic rings. The van der Waals surface area contributed by atoms with E-state index in [0.29, 0.717) is 37.3 Å². The third kappa shape index (κ3) is 8.48. The summed E-state index contributed by atoms with van der Waals surface area (Å²) in [5.74, 6) is -0.618. The van der Waals surface area contributed by atoms with Gasteiger partial charge in [-0.25, -0.2) is 9.97 Å². The topological polar surface area (TPSA) is 123 Å². The van der Waals surface area contributed by atoms with E-state index in [9.17, 15) is 14.7 Å². The number of carbonyl (C=O) groups excluding carboxylic acids is 2. The molecule has 0 radical (unpaired) electrons. The summed E-state index contributed by atoms with van der Waals surface area (Å²) in [5, 5.41) is 12.7. The number of aryl methyl sites for hydroxylation is 1. The standard InChI is InChI=1S/C31H38N4O6/c1-21-30(37)29(31(38)32-18-28(36)40-3)34-27(33-21)17-24-12-14-35(15-13-24)26-10-8-23(9-11-26)16-22-4-6-25(7-5-22)19-41-20-39-2/h4-11,24,37H,12-20H2,1-3H3,(H,32,38). The number of hydrogen-bond acceptors (Lipinski definition) is 9. The lowest BCUT2D eigenvalue weighted by Gasteiger charge is -2.33. The Bertz CT molecular complexity index is 1310. The number of nitrogens with one attached hydrogen (secondary N) is 1. The summed E-state index contributed by atoms with van der Waals surface area (Å²) in [6, 6.07) is 17.2. The first-order chi connectivity index (χ1) is 19.9. The molecule has 0 unspecified atom stereocenters. The third-order valence-electron chi connectivity index (χ3n) is 7.23. The van der Waals surface area contributed by atoms with Crippen molar-refractivity contribution >= 4 is 17.6 Å². The lowest BCUT2D eigenvalue weighted by Crippen LogP contribution is -2.34. The van der Waals surface area contributed by atoms with Gasteiger partial charge in [-0.15, -0.1) is 0 Å². The highest BCUT2D eigenvalue weighted by atomic mass is 16.7. The van der Waals surface area contributed by atoms with Gasteiger partial charge in [0.2, 0.25) is 0 Å². The Hall–Kier alpha value is -4.02. The highest BCUT2D eigenvalue weighted by Gasteiger charge is 2.23. The molecule has 0 aliphatic carbocycles. The Labute approximate surface area is 240 Å². The van der Waals surface area contributed by atoms with Crippen LogP contribution in [0.3, 0.4) is 0 Å². The minimum atomic E-state index is -0.637. The first-order valence-electron chi connectivity index (χ1n) is 13.8. The molecule has 1 saturated heterocycles. The van der Waals surface area contributed by atoms with E-state index in [2.05, 4.69) is 73.5 Å². The van der Waals surface area contributed by atoms with Gasteiger partial charge in [0.15, 0.2) is 11.4 Å². The van der Waals surface area contributed by atoms with Crippen molar-refractivity contribution in [2.75, 3.05) is 45.5 Å². The molecule has 2 N–H and O–H groups in total. The number of ether oxygens (including phenoxy) is 3. The molecule has 2 heterocycles. The summed E-state index contributed by atoms with van der Waals surface area (Å²) in [6.45, 7) is 4.00. The Morgan fingerprint density at radius 2 is 1.61 bits per heavy atom. The third-order valence-corrected chi connectivity index (χ3v) is 7.23. The van der Waals surface area contributed by atoms with Gasteiger partial charge in [0, 0.05) is 32.3 Å². The molecule has 218 valence electrons. The van der Waals surface area contributed by atoms with Gasteiger partial charge in [-0.05, 0) is 60.9 Å². The van der Waals surface area contributed by atoms with Crippen LogP contribution in [0.15, 0.2) is 48.5 Å². The van der Waals surface area contributed by atoms with Crippen molar-refractivity contribution < 1.29 is 28.9 Å². The van der Waals surface area contributed by atoms with Crippen LogP contribution in [0.4, 0.5) is 5.69 Å². The quantitative estimate of drug-likeness (QED) is 0.194. The number of carbonyl (C=O) groups is 2. The van der Waals surface area contributed by atoms with Crippen molar-refractivity contribution in [2.45, 2.75) is 39.2 Å². The van der Waals surface area contributed by atoms with E-state index < -0.39 is 11.9 Å². The molecule has 0 spiro atoms. The maximum Gasteiger partial charge on any atom is 0.325 e. The average Bonchev–Trinajstić information content (AvgIpc) is 2.99. The molecule has 41 heavy (non-hydrogen) atoms. The van der Waals surface area contributed by atoms with Gasteiger partial charge >= 0.3 is 5.97 Å². The van der Waals surface area contributed by atoms with Crippen LogP contribution in [0.2, 0.25) is 0 Å². The van der Waals surface area contributed by atoms with Gasteiger partial charge in [-0.1, -0.05) is 36.4 Å². The van der Waals surface area contributed by atoms with E-state index in [1.165, 1.54) is 23.9 Å². The highest BCUT2D eigenvalue weighted by Crippen LogP contribution is 2.27. The molecule has 10 nitrogen and oxygen atoms in total. The zero-order valence-electron chi connectivity index (χ0n) is 23.9. The molecule has 2 aromatic carbocycles. The van der Waals surface area contributed by atoms with E-state index in [1.54, 1.807) is 14.0 Å². The number of aromatic hydroxyl groups is 1. The van der Waals surface area contributed by atoms with Gasteiger partial charge in [0.25, 0.3) is 5.91 Å². The lowest BCUT2D eigenvalue weighted by atomic mass is 9.92. The van der Waals surface area contributed by atoms with E-state index >= 15 is 0 Å². The number of hydrogen-bond donors (Lipinski definition) is 2. The zero-order chi connectivity index (χ0) is 29.2. The van der Waals surface area contributed by atoms with E-state index in [0.717, 1.165) is 37.9 Å². The molecule has 1 aliphatic rings. The number of anilines is 1. The fraction of sp³-hybridized carbons (Fsp3) is 0.419. The Morgan fingerprint density at radius 1 is 0.976 bits per heavy atom. The predicted octanol–water partition coefficient (Wildman–Crippen LogP) is 3.56. The number of benzene rings is 2. The second-order valence-electron chi connectivity index (χ2n) is 10.2. The molecular formula is C31H38N4O6. The average molecular weight is 563 g/mol. The predicted molar refractivity (Wildman–Crippen MR) is 154 cm³/mol. The highest BCUT2D eigenvalue weighted by molar-refractivity contribution is 5.96. The summed E-state index contributed by atoms with van der Waals surface area (Å²) in [6.07, 6.45) is 3.42. The summed E-state index contributed by atoms with van der Waals surface area (Å²) in [5.41, 5.74) is 5.06. The van der Waals surface area contributed by atoms with Gasteiger partial charge in [0.05, 0.1) is 19.4 Å². The zero-order valence-corrected chi connectivity index (χ0v) is 23.9. The number of piperidine rings is 1. The maximum atomic E-state index is 12.5. The van der Waals surface area contributed by atoms with Crippen LogP contribution in [-0.2, 0) is 38.5 Å². The fourth-order valence-electron chi connectivity index (χ4n) is 4.89. The molecule has 1 aromatic heterocycles. The first kappa shape index (κ1) is 30.0.